The third-order valence-electron chi connectivity index (χ3n) is 2.47. The van der Waals surface area contributed by atoms with Gasteiger partial charge in [-0.15, -0.1) is 0 Å². The van der Waals surface area contributed by atoms with Crippen LogP contribution in [-0.2, 0) is 6.42 Å². The predicted octanol–water partition coefficient (Wildman–Crippen LogP) is 3.23. The van der Waals surface area contributed by atoms with E-state index in [2.05, 4.69) is 20.9 Å². The van der Waals surface area contributed by atoms with Crippen molar-refractivity contribution in [3.8, 4) is 0 Å². The summed E-state index contributed by atoms with van der Waals surface area (Å²) in [6, 6.07) is 10.0. The van der Waals surface area contributed by atoms with Gasteiger partial charge in [-0.05, 0) is 52.2 Å². The van der Waals surface area contributed by atoms with Gasteiger partial charge in [0.25, 0.3) is 0 Å². The van der Waals surface area contributed by atoms with Gasteiger partial charge in [0.1, 0.15) is 5.82 Å². The van der Waals surface area contributed by atoms with E-state index in [9.17, 15) is 4.39 Å². The molecule has 0 aliphatic carbocycles. The Hall–Kier alpha value is -1.26. The van der Waals surface area contributed by atoms with E-state index in [4.69, 9.17) is 5.73 Å². The maximum absolute atomic E-state index is 13.0. The Morgan fingerprint density at radius 3 is 2.76 bits per heavy atom. The van der Waals surface area contributed by atoms with Crippen LogP contribution < -0.4 is 5.73 Å². The van der Waals surface area contributed by atoms with Crippen molar-refractivity contribution in [1.82, 2.24) is 4.98 Å². The summed E-state index contributed by atoms with van der Waals surface area (Å²) >= 11 is 3.32. The predicted molar refractivity (Wildman–Crippen MR) is 69.0 cm³/mol. The smallest absolute Gasteiger partial charge is 0.123 e. The summed E-state index contributed by atoms with van der Waals surface area (Å²) in [6.45, 7) is 0. The Bertz CT molecular complexity index is 499. The van der Waals surface area contributed by atoms with Crippen molar-refractivity contribution in [3.05, 3.63) is 64.1 Å². The molecule has 0 aliphatic heterocycles. The molecule has 1 heterocycles. The molecule has 4 heteroatoms. The fourth-order valence-corrected chi connectivity index (χ4v) is 1.86. The number of hydrogen-bond acceptors (Lipinski definition) is 2. The number of benzene rings is 1. The first kappa shape index (κ1) is 12.2. The third-order valence-corrected chi connectivity index (χ3v) is 2.94. The monoisotopic (exact) mass is 294 g/mol. The second-order valence-corrected chi connectivity index (χ2v) is 4.76. The molecule has 88 valence electrons. The van der Waals surface area contributed by atoms with Crippen molar-refractivity contribution in [2.75, 3.05) is 0 Å². The molecular weight excluding hydrogens is 283 g/mol. The minimum absolute atomic E-state index is 0.218. The standard InChI is InChI=1S/C13H12BrFN2/c14-10-4-5-13(17-8-10)12(16)7-9-2-1-3-11(15)6-9/h1-6,8,12H,7,16H2. The molecule has 0 bridgehead atoms. The summed E-state index contributed by atoms with van der Waals surface area (Å²) in [5.41, 5.74) is 7.71. The van der Waals surface area contributed by atoms with E-state index in [0.29, 0.717) is 6.42 Å². The van der Waals surface area contributed by atoms with Gasteiger partial charge in [0.05, 0.1) is 11.7 Å². The van der Waals surface area contributed by atoms with Gasteiger partial charge >= 0.3 is 0 Å². The van der Waals surface area contributed by atoms with Gasteiger partial charge in [0, 0.05) is 10.7 Å². The lowest BCUT2D eigenvalue weighted by Gasteiger charge is -2.11. The van der Waals surface area contributed by atoms with Gasteiger partial charge < -0.3 is 5.73 Å². The van der Waals surface area contributed by atoms with Gasteiger partial charge in [-0.1, -0.05) is 12.1 Å². The van der Waals surface area contributed by atoms with Gasteiger partial charge in [0.2, 0.25) is 0 Å². The lowest BCUT2D eigenvalue weighted by atomic mass is 10.0. The third kappa shape index (κ3) is 3.35. The van der Waals surface area contributed by atoms with E-state index in [1.165, 1.54) is 12.1 Å². The van der Waals surface area contributed by atoms with E-state index in [-0.39, 0.29) is 11.9 Å². The van der Waals surface area contributed by atoms with Crippen LogP contribution in [0.1, 0.15) is 17.3 Å². The first-order chi connectivity index (χ1) is 8.15. The number of nitrogens with two attached hydrogens (primary N) is 1. The summed E-state index contributed by atoms with van der Waals surface area (Å²) in [4.78, 5) is 4.23. The Morgan fingerprint density at radius 1 is 1.29 bits per heavy atom. The van der Waals surface area contributed by atoms with Crippen LogP contribution in [0.15, 0.2) is 47.1 Å². The Morgan fingerprint density at radius 2 is 2.12 bits per heavy atom. The number of rotatable bonds is 3. The molecule has 0 fully saturated rings. The molecule has 0 amide bonds. The van der Waals surface area contributed by atoms with Crippen LogP contribution in [0.2, 0.25) is 0 Å². The largest absolute Gasteiger partial charge is 0.322 e. The molecule has 1 aromatic heterocycles. The lowest BCUT2D eigenvalue weighted by Crippen LogP contribution is -2.14. The van der Waals surface area contributed by atoms with E-state index in [1.807, 2.05) is 18.2 Å². The van der Waals surface area contributed by atoms with Gasteiger partial charge in [-0.2, -0.15) is 0 Å². The number of hydrogen-bond donors (Lipinski definition) is 1. The number of halogens is 2. The second kappa shape index (κ2) is 5.38. The highest BCUT2D eigenvalue weighted by atomic mass is 79.9. The van der Waals surface area contributed by atoms with E-state index < -0.39 is 0 Å². The molecule has 1 aromatic carbocycles. The zero-order valence-corrected chi connectivity index (χ0v) is 10.7. The molecule has 0 radical (unpaired) electrons. The normalized spacial score (nSPS) is 12.4. The second-order valence-electron chi connectivity index (χ2n) is 3.84. The highest BCUT2D eigenvalue weighted by Gasteiger charge is 2.08. The zero-order chi connectivity index (χ0) is 12.3. The highest BCUT2D eigenvalue weighted by molar-refractivity contribution is 9.10. The van der Waals surface area contributed by atoms with Crippen molar-refractivity contribution >= 4 is 15.9 Å². The summed E-state index contributed by atoms with van der Waals surface area (Å²) in [5, 5.41) is 0. The van der Waals surface area contributed by atoms with Crippen LogP contribution in [-0.4, -0.2) is 4.98 Å². The van der Waals surface area contributed by atoms with Crippen LogP contribution in [0.25, 0.3) is 0 Å². The van der Waals surface area contributed by atoms with Gasteiger partial charge in [-0.3, -0.25) is 4.98 Å². The van der Waals surface area contributed by atoms with Crippen molar-refractivity contribution in [2.45, 2.75) is 12.5 Å². The van der Waals surface area contributed by atoms with Crippen LogP contribution >= 0.6 is 15.9 Å². The fraction of sp³-hybridized carbons (Fsp3) is 0.154. The minimum Gasteiger partial charge on any atom is -0.322 e. The summed E-state index contributed by atoms with van der Waals surface area (Å²) < 4.78 is 13.9. The van der Waals surface area contributed by atoms with Crippen molar-refractivity contribution in [1.29, 1.82) is 0 Å². The molecule has 0 spiro atoms. The Kier molecular flexibility index (Phi) is 3.86. The highest BCUT2D eigenvalue weighted by Crippen LogP contribution is 2.16. The van der Waals surface area contributed by atoms with Crippen LogP contribution in [0.3, 0.4) is 0 Å². The molecule has 1 atom stereocenters. The SMILES string of the molecule is NC(Cc1cccc(F)c1)c1ccc(Br)cn1. The Balaban J connectivity index is 2.11. The number of nitrogens with zero attached hydrogens (tertiary/aromatic N) is 1. The molecule has 0 saturated heterocycles. The maximum Gasteiger partial charge on any atom is 0.123 e. The average Bonchev–Trinajstić information content (AvgIpc) is 2.29. The topological polar surface area (TPSA) is 38.9 Å². The van der Waals surface area contributed by atoms with Crippen molar-refractivity contribution in [3.63, 3.8) is 0 Å². The lowest BCUT2D eigenvalue weighted by molar-refractivity contribution is 0.621. The molecule has 2 rings (SSSR count). The molecule has 0 saturated carbocycles. The van der Waals surface area contributed by atoms with Crippen molar-refractivity contribution < 1.29 is 4.39 Å². The molecule has 2 aromatic rings. The maximum atomic E-state index is 13.0. The average molecular weight is 295 g/mol. The van der Waals surface area contributed by atoms with E-state index >= 15 is 0 Å². The van der Waals surface area contributed by atoms with Crippen LogP contribution in [0.4, 0.5) is 4.39 Å². The van der Waals surface area contributed by atoms with Crippen LogP contribution in [0, 0.1) is 5.82 Å². The molecule has 2 nitrogen and oxygen atoms in total. The summed E-state index contributed by atoms with van der Waals surface area (Å²) in [5.74, 6) is -0.238. The van der Waals surface area contributed by atoms with E-state index in [1.54, 1.807) is 12.3 Å². The number of aromatic nitrogens is 1. The van der Waals surface area contributed by atoms with E-state index in [0.717, 1.165) is 15.7 Å². The molecular formula is C13H12BrFN2. The minimum atomic E-state index is -0.238. The van der Waals surface area contributed by atoms with Crippen LogP contribution in [0.5, 0.6) is 0 Å². The molecule has 17 heavy (non-hydrogen) atoms. The quantitative estimate of drug-likeness (QED) is 0.944. The van der Waals surface area contributed by atoms with Crippen molar-refractivity contribution in [2.24, 2.45) is 5.73 Å². The summed E-state index contributed by atoms with van der Waals surface area (Å²) in [6.07, 6.45) is 2.28. The molecule has 2 N–H and O–H groups in total. The first-order valence-electron chi connectivity index (χ1n) is 5.26. The zero-order valence-electron chi connectivity index (χ0n) is 9.11. The Labute approximate surface area is 108 Å². The number of pyridine rings is 1. The van der Waals surface area contributed by atoms with Gasteiger partial charge in [-0.25, -0.2) is 4.39 Å². The van der Waals surface area contributed by atoms with Gasteiger partial charge in [0.15, 0.2) is 0 Å². The molecule has 0 aliphatic rings. The fourth-order valence-electron chi connectivity index (χ4n) is 1.63. The molecule has 1 unspecified atom stereocenters. The summed E-state index contributed by atoms with van der Waals surface area (Å²) in [7, 11) is 0. The first-order valence-corrected chi connectivity index (χ1v) is 6.06.